The third-order valence-electron chi connectivity index (χ3n) is 3.27. The zero-order valence-electron chi connectivity index (χ0n) is 11.3. The quantitative estimate of drug-likeness (QED) is 0.804. The fraction of sp³-hybridized carbons (Fsp3) is 0.400. The molecule has 0 radical (unpaired) electrons. The average molecular weight is 228 g/mol. The molecule has 0 aliphatic rings. The second-order valence-corrected chi connectivity index (χ2v) is 5.16. The standard InChI is InChI=1S/C15H20N2/c1-8(2)13-11(5)17-12-7-9(3)6-10(4)14(12)15(13)16/h6-8H,1-5H3,(H2,16,17). The van der Waals surface area contributed by atoms with Gasteiger partial charge in [-0.3, -0.25) is 4.98 Å². The van der Waals surface area contributed by atoms with E-state index in [1.807, 2.05) is 6.92 Å². The summed E-state index contributed by atoms with van der Waals surface area (Å²) in [5, 5.41) is 1.12. The Balaban J connectivity index is 2.92. The number of nitrogens with zero attached hydrogens (tertiary/aromatic N) is 1. The van der Waals surface area contributed by atoms with Crippen LogP contribution in [0.5, 0.6) is 0 Å². The van der Waals surface area contributed by atoms with Gasteiger partial charge in [-0.2, -0.15) is 0 Å². The Morgan fingerprint density at radius 2 is 1.76 bits per heavy atom. The monoisotopic (exact) mass is 228 g/mol. The van der Waals surface area contributed by atoms with Crippen molar-refractivity contribution in [2.75, 3.05) is 5.73 Å². The molecule has 0 aliphatic carbocycles. The van der Waals surface area contributed by atoms with Crippen LogP contribution in [0.2, 0.25) is 0 Å². The largest absolute Gasteiger partial charge is 0.398 e. The third-order valence-corrected chi connectivity index (χ3v) is 3.27. The number of rotatable bonds is 1. The van der Waals surface area contributed by atoms with E-state index in [1.165, 1.54) is 16.7 Å². The van der Waals surface area contributed by atoms with E-state index in [4.69, 9.17) is 10.7 Å². The SMILES string of the molecule is Cc1cc(C)c2c(N)c(C(C)C)c(C)nc2c1. The van der Waals surface area contributed by atoms with E-state index in [1.54, 1.807) is 0 Å². The van der Waals surface area contributed by atoms with E-state index in [0.717, 1.165) is 22.3 Å². The summed E-state index contributed by atoms with van der Waals surface area (Å²) in [7, 11) is 0. The zero-order valence-corrected chi connectivity index (χ0v) is 11.3. The molecule has 2 heteroatoms. The maximum atomic E-state index is 6.33. The van der Waals surface area contributed by atoms with Crippen molar-refractivity contribution < 1.29 is 0 Å². The first kappa shape index (κ1) is 11.9. The highest BCUT2D eigenvalue weighted by Gasteiger charge is 2.14. The van der Waals surface area contributed by atoms with E-state index >= 15 is 0 Å². The van der Waals surface area contributed by atoms with E-state index in [0.29, 0.717) is 5.92 Å². The van der Waals surface area contributed by atoms with Gasteiger partial charge >= 0.3 is 0 Å². The van der Waals surface area contributed by atoms with Gasteiger partial charge in [0.1, 0.15) is 0 Å². The smallest absolute Gasteiger partial charge is 0.0731 e. The van der Waals surface area contributed by atoms with Crippen molar-refractivity contribution in [2.45, 2.75) is 40.5 Å². The summed E-state index contributed by atoms with van der Waals surface area (Å²) in [4.78, 5) is 4.70. The molecule has 1 aromatic heterocycles. The van der Waals surface area contributed by atoms with Crippen molar-refractivity contribution in [3.63, 3.8) is 0 Å². The summed E-state index contributed by atoms with van der Waals surface area (Å²) in [6.07, 6.45) is 0. The number of benzene rings is 1. The number of hydrogen-bond donors (Lipinski definition) is 1. The summed E-state index contributed by atoms with van der Waals surface area (Å²) in [6.45, 7) is 10.6. The Bertz CT molecular complexity index is 583. The maximum Gasteiger partial charge on any atom is 0.0731 e. The molecule has 0 spiro atoms. The molecule has 0 saturated carbocycles. The van der Waals surface area contributed by atoms with Crippen molar-refractivity contribution in [2.24, 2.45) is 0 Å². The Labute approximate surface area is 103 Å². The van der Waals surface area contributed by atoms with Crippen LogP contribution in [0.1, 0.15) is 42.1 Å². The molecule has 2 N–H and O–H groups in total. The van der Waals surface area contributed by atoms with Gasteiger partial charge in [0.15, 0.2) is 0 Å². The number of nitrogen functional groups attached to an aromatic ring is 1. The van der Waals surface area contributed by atoms with Gasteiger partial charge in [-0.25, -0.2) is 0 Å². The van der Waals surface area contributed by atoms with Gasteiger partial charge < -0.3 is 5.73 Å². The second kappa shape index (κ2) is 4.02. The van der Waals surface area contributed by atoms with E-state index in [2.05, 4.69) is 39.8 Å². The van der Waals surface area contributed by atoms with Gasteiger partial charge in [-0.05, 0) is 49.4 Å². The normalized spacial score (nSPS) is 11.4. The number of fused-ring (bicyclic) bond motifs is 1. The Morgan fingerprint density at radius 3 is 2.35 bits per heavy atom. The van der Waals surface area contributed by atoms with Crippen LogP contribution >= 0.6 is 0 Å². The van der Waals surface area contributed by atoms with Crippen LogP contribution in [-0.4, -0.2) is 4.98 Å². The average Bonchev–Trinajstić information content (AvgIpc) is 2.13. The number of anilines is 1. The minimum absolute atomic E-state index is 0.410. The van der Waals surface area contributed by atoms with Gasteiger partial charge in [0, 0.05) is 16.8 Å². The zero-order chi connectivity index (χ0) is 12.7. The first-order chi connectivity index (χ1) is 7.91. The lowest BCUT2D eigenvalue weighted by molar-refractivity contribution is 0.851. The van der Waals surface area contributed by atoms with Crippen molar-refractivity contribution in [3.05, 3.63) is 34.5 Å². The molecule has 0 fully saturated rings. The molecular weight excluding hydrogens is 208 g/mol. The van der Waals surface area contributed by atoms with E-state index in [-0.39, 0.29) is 0 Å². The third kappa shape index (κ3) is 1.88. The van der Waals surface area contributed by atoms with Gasteiger partial charge in [0.2, 0.25) is 0 Å². The summed E-state index contributed by atoms with van der Waals surface area (Å²) in [5.74, 6) is 0.410. The molecule has 2 nitrogen and oxygen atoms in total. The molecule has 0 atom stereocenters. The van der Waals surface area contributed by atoms with Crippen molar-refractivity contribution >= 4 is 16.6 Å². The highest BCUT2D eigenvalue weighted by Crippen LogP contribution is 2.33. The summed E-state index contributed by atoms with van der Waals surface area (Å²) < 4.78 is 0. The molecule has 2 rings (SSSR count). The fourth-order valence-electron chi connectivity index (χ4n) is 2.68. The topological polar surface area (TPSA) is 38.9 Å². The molecule has 0 bridgehead atoms. The van der Waals surface area contributed by atoms with Gasteiger partial charge in [-0.15, -0.1) is 0 Å². The molecule has 1 heterocycles. The molecule has 90 valence electrons. The lowest BCUT2D eigenvalue weighted by Gasteiger charge is -2.16. The minimum atomic E-state index is 0.410. The van der Waals surface area contributed by atoms with Gasteiger partial charge in [0.05, 0.1) is 5.52 Å². The first-order valence-corrected chi connectivity index (χ1v) is 6.08. The second-order valence-electron chi connectivity index (χ2n) is 5.16. The van der Waals surface area contributed by atoms with Crippen molar-refractivity contribution in [1.29, 1.82) is 0 Å². The lowest BCUT2D eigenvalue weighted by atomic mass is 9.94. The van der Waals surface area contributed by atoms with E-state index < -0.39 is 0 Å². The molecule has 0 unspecified atom stereocenters. The molecule has 1 aromatic carbocycles. The van der Waals surface area contributed by atoms with Crippen LogP contribution in [0, 0.1) is 20.8 Å². The summed E-state index contributed by atoms with van der Waals surface area (Å²) in [5.41, 5.74) is 12.9. The number of nitrogens with two attached hydrogens (primary N) is 1. The van der Waals surface area contributed by atoms with Crippen LogP contribution in [0.3, 0.4) is 0 Å². The van der Waals surface area contributed by atoms with Gasteiger partial charge in [-0.1, -0.05) is 19.9 Å². The minimum Gasteiger partial charge on any atom is -0.398 e. The Morgan fingerprint density at radius 1 is 1.12 bits per heavy atom. The summed E-state index contributed by atoms with van der Waals surface area (Å²) in [6, 6.07) is 4.27. The molecule has 0 saturated heterocycles. The van der Waals surface area contributed by atoms with Crippen molar-refractivity contribution in [3.8, 4) is 0 Å². The van der Waals surface area contributed by atoms with Gasteiger partial charge in [0.25, 0.3) is 0 Å². The van der Waals surface area contributed by atoms with Crippen LogP contribution in [0.15, 0.2) is 12.1 Å². The molecule has 0 amide bonds. The maximum absolute atomic E-state index is 6.33. The van der Waals surface area contributed by atoms with Crippen molar-refractivity contribution in [1.82, 2.24) is 4.98 Å². The number of pyridine rings is 1. The van der Waals surface area contributed by atoms with E-state index in [9.17, 15) is 0 Å². The predicted octanol–water partition coefficient (Wildman–Crippen LogP) is 3.87. The van der Waals surface area contributed by atoms with Crippen LogP contribution in [0.4, 0.5) is 5.69 Å². The summed E-state index contributed by atoms with van der Waals surface area (Å²) >= 11 is 0. The van der Waals surface area contributed by atoms with Crippen LogP contribution in [-0.2, 0) is 0 Å². The highest BCUT2D eigenvalue weighted by molar-refractivity contribution is 5.95. The molecular formula is C15H20N2. The highest BCUT2D eigenvalue weighted by atomic mass is 14.7. The predicted molar refractivity (Wildman–Crippen MR) is 74.5 cm³/mol. The molecule has 0 aliphatic heterocycles. The molecule has 17 heavy (non-hydrogen) atoms. The van der Waals surface area contributed by atoms with Crippen LogP contribution < -0.4 is 5.73 Å². The fourth-order valence-corrected chi connectivity index (χ4v) is 2.68. The molecule has 2 aromatic rings. The number of hydrogen-bond acceptors (Lipinski definition) is 2. The Kier molecular flexibility index (Phi) is 2.82. The number of aryl methyl sites for hydroxylation is 3. The van der Waals surface area contributed by atoms with Crippen LogP contribution in [0.25, 0.3) is 10.9 Å². The first-order valence-electron chi connectivity index (χ1n) is 6.08. The Hall–Kier alpha value is -1.57. The number of aromatic nitrogens is 1. The lowest BCUT2D eigenvalue weighted by Crippen LogP contribution is -2.04.